The Morgan fingerprint density at radius 1 is 1.15 bits per heavy atom. The molecule has 1 aromatic heterocycles. The number of rotatable bonds is 4. The van der Waals surface area contributed by atoms with Crippen molar-refractivity contribution in [1.82, 2.24) is 4.90 Å². The fourth-order valence-corrected chi connectivity index (χ4v) is 4.13. The first-order valence-corrected chi connectivity index (χ1v) is 9.60. The number of methoxy groups -OCH3 is 1. The van der Waals surface area contributed by atoms with E-state index in [1.807, 2.05) is 30.3 Å². The molecule has 4 nitrogen and oxygen atoms in total. The van der Waals surface area contributed by atoms with Crippen LogP contribution in [0.15, 0.2) is 40.3 Å². The molecule has 26 heavy (non-hydrogen) atoms. The summed E-state index contributed by atoms with van der Waals surface area (Å²) < 4.78 is 11.5. The lowest BCUT2D eigenvalue weighted by Crippen LogP contribution is -2.28. The number of benzene rings is 1. The average molecular weight is 353 g/mol. The van der Waals surface area contributed by atoms with Crippen LogP contribution >= 0.6 is 0 Å². The summed E-state index contributed by atoms with van der Waals surface area (Å²) in [6.45, 7) is 3.20. The van der Waals surface area contributed by atoms with Crippen molar-refractivity contribution < 1.29 is 14.3 Å². The topological polar surface area (TPSA) is 45.8 Å². The highest BCUT2D eigenvalue weighted by Crippen LogP contribution is 2.39. The van der Waals surface area contributed by atoms with Crippen molar-refractivity contribution in [2.75, 3.05) is 20.2 Å². The number of hydrogen-bond acceptors (Lipinski definition) is 4. The smallest absolute Gasteiger partial charge is 0.127 e. The van der Waals surface area contributed by atoms with Crippen LogP contribution in [0, 0.1) is 0 Å². The molecule has 0 bridgehead atoms. The van der Waals surface area contributed by atoms with E-state index >= 15 is 0 Å². The molecule has 1 saturated heterocycles. The van der Waals surface area contributed by atoms with Gasteiger partial charge in [0.1, 0.15) is 23.4 Å². The maximum absolute atomic E-state index is 10.8. The Morgan fingerprint density at radius 2 is 2.00 bits per heavy atom. The summed E-state index contributed by atoms with van der Waals surface area (Å²) in [4.78, 5) is 2.46. The molecule has 1 fully saturated rings. The predicted molar refractivity (Wildman–Crippen MR) is 102 cm³/mol. The highest BCUT2D eigenvalue weighted by Gasteiger charge is 2.25. The van der Waals surface area contributed by atoms with Crippen LogP contribution in [0.25, 0.3) is 6.08 Å². The van der Waals surface area contributed by atoms with Crippen LogP contribution in [0.1, 0.15) is 54.4 Å². The van der Waals surface area contributed by atoms with Crippen LogP contribution in [0.2, 0.25) is 0 Å². The van der Waals surface area contributed by atoms with Gasteiger partial charge in [0.25, 0.3) is 0 Å². The lowest BCUT2D eigenvalue weighted by atomic mass is 9.84. The van der Waals surface area contributed by atoms with E-state index in [0.717, 1.165) is 66.4 Å². The van der Waals surface area contributed by atoms with Crippen molar-refractivity contribution in [2.24, 2.45) is 0 Å². The maximum atomic E-state index is 10.8. The number of aliphatic hydroxyl groups is 1. The number of nitrogens with zero attached hydrogens (tertiary/aromatic N) is 1. The molecule has 2 aliphatic rings. The number of aliphatic hydroxyl groups excluding tert-OH is 1. The van der Waals surface area contributed by atoms with Crippen LogP contribution < -0.4 is 4.74 Å². The molecule has 0 radical (unpaired) electrons. The van der Waals surface area contributed by atoms with Gasteiger partial charge in [-0.25, -0.2) is 0 Å². The Labute approximate surface area is 155 Å². The molecule has 0 amide bonds. The molecule has 2 heterocycles. The molecule has 1 unspecified atom stereocenters. The van der Waals surface area contributed by atoms with Gasteiger partial charge in [-0.05, 0) is 74.2 Å². The molecule has 2 aromatic rings. The molecule has 1 aliphatic heterocycles. The summed E-state index contributed by atoms with van der Waals surface area (Å²) in [6, 6.07) is 9.96. The molecular formula is C22H27NO3. The van der Waals surface area contributed by atoms with Gasteiger partial charge in [0.05, 0.1) is 13.7 Å². The van der Waals surface area contributed by atoms with Crippen molar-refractivity contribution in [2.45, 2.75) is 44.8 Å². The molecule has 0 spiro atoms. The molecule has 1 aromatic carbocycles. The monoisotopic (exact) mass is 353 g/mol. The summed E-state index contributed by atoms with van der Waals surface area (Å²) in [6.07, 6.45) is 7.02. The van der Waals surface area contributed by atoms with Gasteiger partial charge in [0.15, 0.2) is 0 Å². The average Bonchev–Trinajstić information content (AvgIpc) is 3.11. The van der Waals surface area contributed by atoms with Crippen molar-refractivity contribution in [3.63, 3.8) is 0 Å². The van der Waals surface area contributed by atoms with E-state index < -0.39 is 6.10 Å². The lowest BCUT2D eigenvalue weighted by Gasteiger charge is -2.26. The zero-order valence-corrected chi connectivity index (χ0v) is 15.4. The number of furan rings is 1. The zero-order chi connectivity index (χ0) is 17.9. The standard InChI is InChI=1S/C22H27NO3/c1-25-21-7-5-6-20-19(21)11-8-16(22(20)24)14-17-9-10-18(26-17)15-23-12-3-2-4-13-23/h5-7,9-10,14,22,24H,2-4,8,11-13,15H2,1H3. The van der Waals surface area contributed by atoms with E-state index in [0.29, 0.717) is 0 Å². The first-order valence-electron chi connectivity index (χ1n) is 9.60. The SMILES string of the molecule is COc1cccc2c1CCC(=Cc1ccc(CN3CCCCC3)o1)C2O. The third-order valence-electron chi connectivity index (χ3n) is 5.54. The summed E-state index contributed by atoms with van der Waals surface area (Å²) >= 11 is 0. The van der Waals surface area contributed by atoms with Crippen LogP contribution in [0.3, 0.4) is 0 Å². The van der Waals surface area contributed by atoms with Crippen molar-refractivity contribution >= 4 is 6.08 Å². The summed E-state index contributed by atoms with van der Waals surface area (Å²) in [5.74, 6) is 2.70. The molecule has 1 atom stereocenters. The molecule has 4 rings (SSSR count). The van der Waals surface area contributed by atoms with Gasteiger partial charge in [-0.15, -0.1) is 0 Å². The van der Waals surface area contributed by atoms with Gasteiger partial charge in [0.2, 0.25) is 0 Å². The van der Waals surface area contributed by atoms with Gasteiger partial charge in [-0.3, -0.25) is 4.90 Å². The second kappa shape index (κ2) is 7.68. The second-order valence-electron chi connectivity index (χ2n) is 7.29. The van der Waals surface area contributed by atoms with Crippen LogP contribution in [-0.4, -0.2) is 30.2 Å². The lowest BCUT2D eigenvalue weighted by molar-refractivity contribution is 0.203. The number of ether oxygens (including phenoxy) is 1. The van der Waals surface area contributed by atoms with E-state index in [-0.39, 0.29) is 0 Å². The van der Waals surface area contributed by atoms with E-state index in [1.165, 1.54) is 19.3 Å². The van der Waals surface area contributed by atoms with Gasteiger partial charge in [-0.1, -0.05) is 18.6 Å². The first-order chi connectivity index (χ1) is 12.7. The highest BCUT2D eigenvalue weighted by atomic mass is 16.5. The molecule has 0 saturated carbocycles. The molecule has 1 aliphatic carbocycles. The molecular weight excluding hydrogens is 326 g/mol. The molecule has 1 N–H and O–H groups in total. The Balaban J connectivity index is 1.50. The fraction of sp³-hybridized carbons (Fsp3) is 0.455. The predicted octanol–water partition coefficient (Wildman–Crippen LogP) is 4.34. The van der Waals surface area contributed by atoms with Crippen LogP contribution in [-0.2, 0) is 13.0 Å². The Morgan fingerprint density at radius 3 is 2.81 bits per heavy atom. The quantitative estimate of drug-likeness (QED) is 0.888. The summed E-state index contributed by atoms with van der Waals surface area (Å²) in [5.41, 5.74) is 3.07. The molecule has 4 heteroatoms. The largest absolute Gasteiger partial charge is 0.496 e. The fourth-order valence-electron chi connectivity index (χ4n) is 4.13. The minimum Gasteiger partial charge on any atom is -0.496 e. The van der Waals surface area contributed by atoms with Gasteiger partial charge < -0.3 is 14.3 Å². The van der Waals surface area contributed by atoms with E-state index in [1.54, 1.807) is 7.11 Å². The number of hydrogen-bond donors (Lipinski definition) is 1. The first kappa shape index (κ1) is 17.4. The maximum Gasteiger partial charge on any atom is 0.127 e. The van der Waals surface area contributed by atoms with Gasteiger partial charge in [0, 0.05) is 5.56 Å². The second-order valence-corrected chi connectivity index (χ2v) is 7.29. The Bertz CT molecular complexity index is 786. The van der Waals surface area contributed by atoms with Crippen molar-refractivity contribution in [1.29, 1.82) is 0 Å². The van der Waals surface area contributed by atoms with Gasteiger partial charge >= 0.3 is 0 Å². The molecule has 138 valence electrons. The van der Waals surface area contributed by atoms with Gasteiger partial charge in [-0.2, -0.15) is 0 Å². The minimum atomic E-state index is -0.593. The highest BCUT2D eigenvalue weighted by molar-refractivity contribution is 5.55. The number of likely N-dealkylation sites (tertiary alicyclic amines) is 1. The normalized spacial score (nSPS) is 22.4. The van der Waals surface area contributed by atoms with Crippen molar-refractivity contribution in [3.05, 3.63) is 58.6 Å². The third kappa shape index (κ3) is 3.57. The van der Waals surface area contributed by atoms with Crippen LogP contribution in [0.4, 0.5) is 0 Å². The van der Waals surface area contributed by atoms with Crippen molar-refractivity contribution in [3.8, 4) is 5.75 Å². The number of fused-ring (bicyclic) bond motifs is 1. The minimum absolute atomic E-state index is 0.593. The summed E-state index contributed by atoms with van der Waals surface area (Å²) in [5, 5.41) is 10.8. The Kier molecular flexibility index (Phi) is 5.14. The van der Waals surface area contributed by atoms with Crippen LogP contribution in [0.5, 0.6) is 5.75 Å². The van der Waals surface area contributed by atoms with E-state index in [4.69, 9.17) is 9.15 Å². The van der Waals surface area contributed by atoms with E-state index in [2.05, 4.69) is 11.0 Å². The number of piperidine rings is 1. The summed E-state index contributed by atoms with van der Waals surface area (Å²) in [7, 11) is 1.68. The van der Waals surface area contributed by atoms with E-state index in [9.17, 15) is 5.11 Å². The zero-order valence-electron chi connectivity index (χ0n) is 15.4. The third-order valence-corrected chi connectivity index (χ3v) is 5.54. The Hall–Kier alpha value is -2.04.